The maximum atomic E-state index is 11.3. The van der Waals surface area contributed by atoms with Crippen LogP contribution >= 0.6 is 0 Å². The molecular formula is C15H22O3. The molecule has 18 heavy (non-hydrogen) atoms. The van der Waals surface area contributed by atoms with Gasteiger partial charge < -0.3 is 10.2 Å². The standard InChI is InChI=1S/C15H22O3/c1-2-12-6-3-4-7-13(10-12)8-5-9-14(17)15(18)11-16/h3-4,6-7,15-16,18H,2,5,8-11H2,1H3. The molecule has 1 aliphatic carbocycles. The number of aliphatic hydroxyl groups excluding tert-OH is 2. The summed E-state index contributed by atoms with van der Waals surface area (Å²) in [6, 6.07) is 0. The lowest BCUT2D eigenvalue weighted by Crippen LogP contribution is -2.23. The number of allylic oxidation sites excluding steroid dienone is 6. The minimum Gasteiger partial charge on any atom is -0.393 e. The van der Waals surface area contributed by atoms with Crippen molar-refractivity contribution in [2.45, 2.75) is 45.1 Å². The lowest BCUT2D eigenvalue weighted by molar-refractivity contribution is -0.129. The van der Waals surface area contributed by atoms with Gasteiger partial charge in [-0.2, -0.15) is 0 Å². The number of carbonyl (C=O) groups is 1. The van der Waals surface area contributed by atoms with Crippen LogP contribution < -0.4 is 0 Å². The summed E-state index contributed by atoms with van der Waals surface area (Å²) in [5, 5.41) is 17.8. The Morgan fingerprint density at radius 3 is 2.61 bits per heavy atom. The van der Waals surface area contributed by atoms with E-state index in [0.29, 0.717) is 6.42 Å². The second-order valence-electron chi connectivity index (χ2n) is 4.58. The van der Waals surface area contributed by atoms with Crippen LogP contribution in [0.3, 0.4) is 0 Å². The highest BCUT2D eigenvalue weighted by Crippen LogP contribution is 2.21. The normalized spacial score (nSPS) is 16.8. The van der Waals surface area contributed by atoms with Gasteiger partial charge in [0.15, 0.2) is 5.78 Å². The molecule has 3 heteroatoms. The largest absolute Gasteiger partial charge is 0.393 e. The van der Waals surface area contributed by atoms with Crippen LogP contribution in [0.15, 0.2) is 35.5 Å². The molecule has 2 N–H and O–H groups in total. The van der Waals surface area contributed by atoms with Crippen molar-refractivity contribution in [2.75, 3.05) is 6.61 Å². The molecule has 0 aromatic rings. The molecule has 1 atom stereocenters. The summed E-state index contributed by atoms with van der Waals surface area (Å²) in [4.78, 5) is 11.3. The van der Waals surface area contributed by atoms with E-state index in [-0.39, 0.29) is 5.78 Å². The van der Waals surface area contributed by atoms with Crippen molar-refractivity contribution < 1.29 is 15.0 Å². The van der Waals surface area contributed by atoms with Crippen molar-refractivity contribution >= 4 is 5.78 Å². The third kappa shape index (κ3) is 4.98. The van der Waals surface area contributed by atoms with Crippen LogP contribution in [0, 0.1) is 0 Å². The van der Waals surface area contributed by atoms with Gasteiger partial charge in [0.05, 0.1) is 6.61 Å². The molecule has 0 fully saturated rings. The Bertz CT molecular complexity index is 364. The van der Waals surface area contributed by atoms with Gasteiger partial charge in [-0.1, -0.05) is 42.4 Å². The van der Waals surface area contributed by atoms with Crippen molar-refractivity contribution in [1.29, 1.82) is 0 Å². The molecule has 0 aromatic heterocycles. The highest BCUT2D eigenvalue weighted by molar-refractivity contribution is 5.82. The Kier molecular flexibility index (Phi) is 6.61. The molecule has 0 saturated carbocycles. The molecule has 0 aliphatic heterocycles. The summed E-state index contributed by atoms with van der Waals surface area (Å²) in [7, 11) is 0. The van der Waals surface area contributed by atoms with Crippen molar-refractivity contribution in [3.8, 4) is 0 Å². The zero-order valence-electron chi connectivity index (χ0n) is 10.9. The van der Waals surface area contributed by atoms with Crippen LogP contribution in [0.1, 0.15) is 39.0 Å². The minimum atomic E-state index is -1.21. The Morgan fingerprint density at radius 2 is 2.00 bits per heavy atom. The van der Waals surface area contributed by atoms with Gasteiger partial charge in [-0.25, -0.2) is 0 Å². The smallest absolute Gasteiger partial charge is 0.163 e. The quantitative estimate of drug-likeness (QED) is 0.729. The summed E-state index contributed by atoms with van der Waals surface area (Å²) in [5.41, 5.74) is 2.72. The van der Waals surface area contributed by atoms with Gasteiger partial charge in [-0.05, 0) is 25.7 Å². The fourth-order valence-electron chi connectivity index (χ4n) is 1.97. The number of aliphatic hydroxyl groups is 2. The van der Waals surface area contributed by atoms with E-state index in [0.717, 1.165) is 25.7 Å². The van der Waals surface area contributed by atoms with E-state index in [2.05, 4.69) is 19.1 Å². The predicted molar refractivity (Wildman–Crippen MR) is 72.2 cm³/mol. The van der Waals surface area contributed by atoms with Gasteiger partial charge >= 0.3 is 0 Å². The first-order valence-electron chi connectivity index (χ1n) is 6.53. The average molecular weight is 250 g/mol. The van der Waals surface area contributed by atoms with E-state index in [1.54, 1.807) is 0 Å². The summed E-state index contributed by atoms with van der Waals surface area (Å²) < 4.78 is 0. The average Bonchev–Trinajstić information content (AvgIpc) is 2.62. The zero-order valence-corrected chi connectivity index (χ0v) is 10.9. The summed E-state index contributed by atoms with van der Waals surface area (Å²) >= 11 is 0. The number of Topliss-reactive ketones (excluding diaryl/α,β-unsaturated/α-hetero) is 1. The number of carbonyl (C=O) groups excluding carboxylic acids is 1. The second-order valence-corrected chi connectivity index (χ2v) is 4.58. The minimum absolute atomic E-state index is 0.270. The topological polar surface area (TPSA) is 57.5 Å². The summed E-state index contributed by atoms with van der Waals surface area (Å²) in [6.45, 7) is 1.66. The molecule has 0 bridgehead atoms. The second kappa shape index (κ2) is 8.01. The molecule has 0 aromatic carbocycles. The van der Waals surface area contributed by atoms with E-state index in [4.69, 9.17) is 10.2 Å². The van der Waals surface area contributed by atoms with Crippen LogP contribution in [-0.4, -0.2) is 28.7 Å². The van der Waals surface area contributed by atoms with Crippen LogP contribution in [0.5, 0.6) is 0 Å². The fraction of sp³-hybridized carbons (Fsp3) is 0.533. The van der Waals surface area contributed by atoms with Crippen molar-refractivity contribution in [2.24, 2.45) is 0 Å². The molecule has 1 rings (SSSR count). The van der Waals surface area contributed by atoms with Gasteiger partial charge in [-0.3, -0.25) is 4.79 Å². The number of hydrogen-bond donors (Lipinski definition) is 2. The molecule has 0 saturated heterocycles. The van der Waals surface area contributed by atoms with Gasteiger partial charge in [0.2, 0.25) is 0 Å². The van der Waals surface area contributed by atoms with Crippen molar-refractivity contribution in [3.63, 3.8) is 0 Å². The number of rotatable bonds is 7. The summed E-state index contributed by atoms with van der Waals surface area (Å²) in [6.07, 6.45) is 11.1. The van der Waals surface area contributed by atoms with Gasteiger partial charge in [0, 0.05) is 6.42 Å². The molecule has 1 aliphatic rings. The Hall–Kier alpha value is -1.19. The van der Waals surface area contributed by atoms with Crippen LogP contribution in [0.25, 0.3) is 0 Å². The van der Waals surface area contributed by atoms with Crippen molar-refractivity contribution in [1.82, 2.24) is 0 Å². The predicted octanol–water partition coefficient (Wildman–Crippen LogP) is 2.30. The van der Waals surface area contributed by atoms with Crippen molar-refractivity contribution in [3.05, 3.63) is 35.5 Å². The van der Waals surface area contributed by atoms with Gasteiger partial charge in [0.25, 0.3) is 0 Å². The van der Waals surface area contributed by atoms with Gasteiger partial charge in [-0.15, -0.1) is 0 Å². The molecule has 3 nitrogen and oxygen atoms in total. The molecular weight excluding hydrogens is 228 g/mol. The highest BCUT2D eigenvalue weighted by atomic mass is 16.3. The molecule has 100 valence electrons. The maximum absolute atomic E-state index is 11.3. The highest BCUT2D eigenvalue weighted by Gasteiger charge is 2.13. The number of hydrogen-bond acceptors (Lipinski definition) is 3. The summed E-state index contributed by atoms with van der Waals surface area (Å²) in [5.74, 6) is -0.270. The molecule has 0 radical (unpaired) electrons. The first kappa shape index (κ1) is 14.9. The van der Waals surface area contributed by atoms with E-state index in [9.17, 15) is 4.79 Å². The monoisotopic (exact) mass is 250 g/mol. The van der Waals surface area contributed by atoms with E-state index >= 15 is 0 Å². The SMILES string of the molecule is CCC1=CC=CC=C(CCCC(=O)C(O)CO)C1. The third-order valence-corrected chi connectivity index (χ3v) is 3.15. The van der Waals surface area contributed by atoms with E-state index in [1.807, 2.05) is 12.2 Å². The lowest BCUT2D eigenvalue weighted by atomic mass is 9.98. The molecule has 0 spiro atoms. The van der Waals surface area contributed by atoms with Crippen LogP contribution in [0.2, 0.25) is 0 Å². The van der Waals surface area contributed by atoms with Crippen LogP contribution in [0.4, 0.5) is 0 Å². The molecule has 0 amide bonds. The third-order valence-electron chi connectivity index (χ3n) is 3.15. The Morgan fingerprint density at radius 1 is 1.33 bits per heavy atom. The fourth-order valence-corrected chi connectivity index (χ4v) is 1.97. The molecule has 1 unspecified atom stereocenters. The number of ketones is 1. The first-order chi connectivity index (χ1) is 8.67. The first-order valence-corrected chi connectivity index (χ1v) is 6.53. The zero-order chi connectivity index (χ0) is 13.4. The maximum Gasteiger partial charge on any atom is 0.163 e. The van der Waals surface area contributed by atoms with Crippen LogP contribution in [-0.2, 0) is 4.79 Å². The van der Waals surface area contributed by atoms with E-state index < -0.39 is 12.7 Å². The Balaban J connectivity index is 2.36. The van der Waals surface area contributed by atoms with Gasteiger partial charge in [0.1, 0.15) is 6.10 Å². The Labute approximate surface area is 109 Å². The van der Waals surface area contributed by atoms with E-state index in [1.165, 1.54) is 11.1 Å². The lowest BCUT2D eigenvalue weighted by Gasteiger charge is -2.09. The molecule has 0 heterocycles.